The van der Waals surface area contributed by atoms with Crippen molar-refractivity contribution in [3.63, 3.8) is 0 Å². The van der Waals surface area contributed by atoms with Crippen LogP contribution in [0.1, 0.15) is 124 Å². The second-order valence-electron chi connectivity index (χ2n) is 18.2. The highest BCUT2D eigenvalue weighted by atomic mass is 17.2. The fourth-order valence-corrected chi connectivity index (χ4v) is 8.26. The molecule has 0 heterocycles. The highest BCUT2D eigenvalue weighted by Crippen LogP contribution is 2.60. The van der Waals surface area contributed by atoms with Crippen LogP contribution in [0.2, 0.25) is 0 Å². The molecule has 0 radical (unpaired) electrons. The first kappa shape index (κ1) is 51.4. The van der Waals surface area contributed by atoms with Crippen LogP contribution in [0.5, 0.6) is 11.5 Å². The van der Waals surface area contributed by atoms with E-state index in [1.54, 1.807) is 27.0 Å². The van der Waals surface area contributed by atoms with Crippen molar-refractivity contribution in [1.29, 1.82) is 0 Å². The van der Waals surface area contributed by atoms with E-state index in [2.05, 4.69) is 78.8 Å². The van der Waals surface area contributed by atoms with E-state index in [0.29, 0.717) is 58.4 Å². The summed E-state index contributed by atoms with van der Waals surface area (Å²) >= 11 is 0. The van der Waals surface area contributed by atoms with E-state index in [0.717, 1.165) is 45.4 Å². The fourth-order valence-electron chi connectivity index (χ4n) is 8.26. The predicted octanol–water partition coefficient (Wildman–Crippen LogP) is 9.87. The van der Waals surface area contributed by atoms with Crippen molar-refractivity contribution in [2.75, 3.05) is 93.0 Å². The van der Waals surface area contributed by atoms with Crippen LogP contribution in [0.4, 0.5) is 0 Å². The van der Waals surface area contributed by atoms with Crippen LogP contribution < -0.4 is 9.62 Å². The van der Waals surface area contributed by atoms with Gasteiger partial charge in [0.2, 0.25) is 0 Å². The molecule has 0 bridgehead atoms. The number of hydrogen-bond donors (Lipinski definition) is 0. The van der Waals surface area contributed by atoms with Gasteiger partial charge < -0.3 is 42.8 Å². The summed E-state index contributed by atoms with van der Waals surface area (Å²) in [5.41, 5.74) is 6.37. The maximum atomic E-state index is 14.0. The minimum absolute atomic E-state index is 0.0740. The van der Waals surface area contributed by atoms with Gasteiger partial charge in [0.05, 0.1) is 71.5 Å². The zero-order valence-electron chi connectivity index (χ0n) is 40.4. The van der Waals surface area contributed by atoms with Crippen molar-refractivity contribution in [2.24, 2.45) is 11.3 Å². The van der Waals surface area contributed by atoms with Crippen molar-refractivity contribution in [3.05, 3.63) is 111 Å². The van der Waals surface area contributed by atoms with Crippen molar-refractivity contribution < 1.29 is 57.3 Å². The Balaban J connectivity index is 1.66. The van der Waals surface area contributed by atoms with Crippen LogP contribution in [-0.2, 0) is 48.9 Å². The number of rotatable bonds is 26. The summed E-state index contributed by atoms with van der Waals surface area (Å²) in [6, 6.07) is 18.1. The first-order valence-electron chi connectivity index (χ1n) is 23.1. The van der Waals surface area contributed by atoms with Crippen LogP contribution in [0.15, 0.2) is 72.3 Å². The molecule has 2 unspecified atom stereocenters. The predicted molar refractivity (Wildman–Crippen MR) is 251 cm³/mol. The van der Waals surface area contributed by atoms with Gasteiger partial charge in [-0.05, 0) is 107 Å². The number of benzene rings is 3. The van der Waals surface area contributed by atoms with Gasteiger partial charge in [-0.3, -0.25) is 0 Å². The number of fused-ring (bicyclic) bond motifs is 2. The number of ether oxygens (including phenoxy) is 8. The van der Waals surface area contributed by atoms with Crippen LogP contribution in [0.25, 0.3) is 5.57 Å². The van der Waals surface area contributed by atoms with Crippen molar-refractivity contribution >= 4 is 17.5 Å². The number of esters is 2. The standard InChI is InChI=1S/C53H72O12/c1-11-22-57-25-26-60-30-32-64-65-48-21-17-40(34-44(48)50(55)62-13-3)53(39-16-20-47(43(33-39)49(54)61-12-2)63-31-29-59-28-27-58-24-23-56-10)45-35-37(51(4,5)6)14-18-41(45)42-19-15-38(36-46(42)53)52(7,8)9/h14-21,33-35,38H,11-13,22-32,36H2,1-10H3. The Kier molecular flexibility index (Phi) is 19.2. The lowest BCUT2D eigenvalue weighted by atomic mass is 9.62. The summed E-state index contributed by atoms with van der Waals surface area (Å²) in [6.07, 6.45) is 6.24. The van der Waals surface area contributed by atoms with E-state index >= 15 is 0 Å². The van der Waals surface area contributed by atoms with Crippen molar-refractivity contribution in [1.82, 2.24) is 0 Å². The molecule has 0 saturated heterocycles. The lowest BCUT2D eigenvalue weighted by molar-refractivity contribution is -0.215. The van der Waals surface area contributed by atoms with Crippen molar-refractivity contribution in [2.45, 2.75) is 86.0 Å². The van der Waals surface area contributed by atoms with E-state index in [1.807, 2.05) is 30.3 Å². The van der Waals surface area contributed by atoms with Gasteiger partial charge in [-0.15, -0.1) is 0 Å². The molecule has 0 fully saturated rings. The van der Waals surface area contributed by atoms with Gasteiger partial charge in [0.25, 0.3) is 0 Å². The van der Waals surface area contributed by atoms with E-state index < -0.39 is 17.4 Å². The number of allylic oxidation sites excluding steroid dienone is 4. The fraction of sp³-hybridized carbons (Fsp3) is 0.547. The summed E-state index contributed by atoms with van der Waals surface area (Å²) in [5.74, 6) is -0.306. The second kappa shape index (κ2) is 24.3. The molecule has 3 aromatic rings. The Hall–Kier alpha value is -4.56. The van der Waals surface area contributed by atoms with E-state index in [4.69, 9.17) is 47.7 Å². The Bertz CT molecular complexity index is 2000. The molecular formula is C53H72O12. The lowest BCUT2D eigenvalue weighted by Crippen LogP contribution is -2.34. The van der Waals surface area contributed by atoms with E-state index in [1.165, 1.54) is 0 Å². The zero-order valence-corrected chi connectivity index (χ0v) is 40.4. The van der Waals surface area contributed by atoms with Gasteiger partial charge >= 0.3 is 11.9 Å². The van der Waals surface area contributed by atoms with Crippen LogP contribution in [-0.4, -0.2) is 105 Å². The number of methoxy groups -OCH3 is 1. The second-order valence-corrected chi connectivity index (χ2v) is 18.2. The molecule has 2 aliphatic rings. The molecule has 0 saturated carbocycles. The molecule has 2 atom stereocenters. The van der Waals surface area contributed by atoms with Crippen LogP contribution >= 0.6 is 0 Å². The lowest BCUT2D eigenvalue weighted by Gasteiger charge is -2.40. The normalized spacial score (nSPS) is 16.9. The molecular weight excluding hydrogens is 829 g/mol. The molecule has 0 spiro atoms. The number of hydrogen-bond acceptors (Lipinski definition) is 12. The summed E-state index contributed by atoms with van der Waals surface area (Å²) in [5, 5.41) is 0. The quantitative estimate of drug-likeness (QED) is 0.0330. The average molecular weight is 901 g/mol. The Labute approximate surface area is 386 Å². The Morgan fingerprint density at radius 1 is 0.646 bits per heavy atom. The highest BCUT2D eigenvalue weighted by Gasteiger charge is 2.50. The maximum Gasteiger partial charge on any atom is 0.342 e. The van der Waals surface area contributed by atoms with Crippen LogP contribution in [0, 0.1) is 11.3 Å². The third-order valence-electron chi connectivity index (χ3n) is 11.7. The topological polar surface area (TPSA) is 126 Å². The van der Waals surface area contributed by atoms with E-state index in [-0.39, 0.29) is 73.3 Å². The SMILES string of the molecule is CCCOCCOCCOOc1ccc(C2(c3ccc(OCCOCCOCCOC)c(C(=O)OCC)c3)C3=C(C=CC(C(C)(C)C)C3)c3ccc(C(C)(C)C)cc32)cc1C(=O)OCC. The monoisotopic (exact) mass is 901 g/mol. The van der Waals surface area contributed by atoms with Gasteiger partial charge in [-0.2, -0.15) is 4.89 Å². The third-order valence-corrected chi connectivity index (χ3v) is 11.7. The molecule has 65 heavy (non-hydrogen) atoms. The molecule has 12 nitrogen and oxygen atoms in total. The van der Waals surface area contributed by atoms with Crippen molar-refractivity contribution in [3.8, 4) is 11.5 Å². The highest BCUT2D eigenvalue weighted by molar-refractivity contribution is 5.96. The third kappa shape index (κ3) is 12.9. The van der Waals surface area contributed by atoms with E-state index in [9.17, 15) is 9.59 Å². The molecule has 2 aliphatic carbocycles. The summed E-state index contributed by atoms with van der Waals surface area (Å²) in [7, 11) is 1.63. The molecule has 5 rings (SSSR count). The minimum atomic E-state index is -1.000. The maximum absolute atomic E-state index is 14.0. The van der Waals surface area contributed by atoms with Crippen LogP contribution in [0.3, 0.4) is 0 Å². The summed E-state index contributed by atoms with van der Waals surface area (Å²) in [6.45, 7) is 23.7. The van der Waals surface area contributed by atoms with Gasteiger partial charge in [-0.1, -0.05) is 91.0 Å². The Morgan fingerprint density at radius 2 is 1.20 bits per heavy atom. The van der Waals surface area contributed by atoms with Gasteiger partial charge in [-0.25, -0.2) is 9.59 Å². The first-order chi connectivity index (χ1) is 31.2. The number of carbonyl (C=O) groups is 2. The molecule has 0 N–H and O–H groups in total. The average Bonchev–Trinajstić information content (AvgIpc) is 3.57. The Morgan fingerprint density at radius 3 is 1.77 bits per heavy atom. The molecule has 12 heteroatoms. The molecule has 0 amide bonds. The molecule has 3 aromatic carbocycles. The molecule has 0 aliphatic heterocycles. The minimum Gasteiger partial charge on any atom is -0.490 e. The van der Waals surface area contributed by atoms with Gasteiger partial charge in [0, 0.05) is 13.7 Å². The zero-order chi connectivity index (χ0) is 47.0. The first-order valence-corrected chi connectivity index (χ1v) is 23.1. The summed E-state index contributed by atoms with van der Waals surface area (Å²) in [4.78, 5) is 39.5. The largest absolute Gasteiger partial charge is 0.490 e. The summed E-state index contributed by atoms with van der Waals surface area (Å²) < 4.78 is 45.1. The number of carbonyl (C=O) groups excluding carboxylic acids is 2. The smallest absolute Gasteiger partial charge is 0.342 e. The molecule has 356 valence electrons. The molecule has 0 aromatic heterocycles. The van der Waals surface area contributed by atoms with Gasteiger partial charge in [0.15, 0.2) is 5.75 Å². The van der Waals surface area contributed by atoms with Gasteiger partial charge in [0.1, 0.15) is 30.1 Å².